The van der Waals surface area contributed by atoms with Gasteiger partial charge in [0.15, 0.2) is 0 Å². The fourth-order valence-electron chi connectivity index (χ4n) is 1.59. The number of hydrogen-bond donors (Lipinski definition) is 3. The van der Waals surface area contributed by atoms with Crippen LogP contribution < -0.4 is 0 Å². The van der Waals surface area contributed by atoms with Gasteiger partial charge in [-0.2, -0.15) is 0 Å². The van der Waals surface area contributed by atoms with Crippen LogP contribution in [0.4, 0.5) is 0 Å². The zero-order chi connectivity index (χ0) is 12.2. The summed E-state index contributed by atoms with van der Waals surface area (Å²) in [4.78, 5) is 30.3. The van der Waals surface area contributed by atoms with Crippen molar-refractivity contribution in [1.82, 2.24) is 0 Å². The maximum absolute atomic E-state index is 10.1. The van der Waals surface area contributed by atoms with Crippen molar-refractivity contribution in [3.05, 3.63) is 0 Å². The van der Waals surface area contributed by atoms with Gasteiger partial charge >= 0.3 is 93.1 Å². The van der Waals surface area contributed by atoms with E-state index in [9.17, 15) is 14.7 Å². The molecule has 0 saturated heterocycles. The summed E-state index contributed by atoms with van der Waals surface area (Å²) in [5.41, 5.74) is 0. The summed E-state index contributed by atoms with van der Waals surface area (Å²) in [6.07, 6.45) is 4.25. The average molecular weight is 238 g/mol. The Bertz CT molecular complexity index is 194. The first-order valence-electron chi connectivity index (χ1n) is 5.91. The normalized spacial score (nSPS) is 16.1. The summed E-state index contributed by atoms with van der Waals surface area (Å²) in [5.74, 6) is 0. The van der Waals surface area contributed by atoms with Gasteiger partial charge in [-0.05, 0) is 0 Å². The van der Waals surface area contributed by atoms with Gasteiger partial charge in [-0.3, -0.25) is 0 Å². The second kappa shape index (κ2) is 5.09. The van der Waals surface area contributed by atoms with E-state index in [1.54, 1.807) is 13.8 Å². The molecule has 0 aliphatic carbocycles. The Hall–Kier alpha value is 0.310. The van der Waals surface area contributed by atoms with Gasteiger partial charge in [0.2, 0.25) is 0 Å². The molecule has 0 aromatic carbocycles. The standard InChI is InChI=1S/C11H27O3P/c1-5-7-9-11(3,4)15(12,13,14)10-8-6-2/h12-14H,5-10H2,1-4H3. The summed E-state index contributed by atoms with van der Waals surface area (Å²) >= 11 is 0. The van der Waals surface area contributed by atoms with Gasteiger partial charge < -0.3 is 0 Å². The van der Waals surface area contributed by atoms with Gasteiger partial charge in [0.1, 0.15) is 0 Å². The molecule has 0 aliphatic heterocycles. The second-order valence-electron chi connectivity index (χ2n) is 5.14. The molecule has 0 spiro atoms. The van der Waals surface area contributed by atoms with Crippen molar-refractivity contribution < 1.29 is 14.7 Å². The van der Waals surface area contributed by atoms with Crippen LogP contribution in [0.3, 0.4) is 0 Å². The Morgan fingerprint density at radius 2 is 1.40 bits per heavy atom. The van der Waals surface area contributed by atoms with Crippen molar-refractivity contribution in [2.45, 2.75) is 65.0 Å². The summed E-state index contributed by atoms with van der Waals surface area (Å²) in [6, 6.07) is 0. The van der Waals surface area contributed by atoms with E-state index in [-0.39, 0.29) is 6.16 Å². The van der Waals surface area contributed by atoms with E-state index in [1.165, 1.54) is 0 Å². The van der Waals surface area contributed by atoms with E-state index in [2.05, 4.69) is 6.92 Å². The minimum atomic E-state index is -4.46. The van der Waals surface area contributed by atoms with Gasteiger partial charge in [0.25, 0.3) is 0 Å². The van der Waals surface area contributed by atoms with E-state index in [0.29, 0.717) is 12.8 Å². The molecule has 0 aromatic rings. The van der Waals surface area contributed by atoms with Crippen LogP contribution in [0.25, 0.3) is 0 Å². The van der Waals surface area contributed by atoms with Crippen LogP contribution in [0.2, 0.25) is 0 Å². The fourth-order valence-corrected chi connectivity index (χ4v) is 3.71. The Balaban J connectivity index is 4.63. The monoisotopic (exact) mass is 238 g/mol. The zero-order valence-corrected chi connectivity index (χ0v) is 11.4. The third-order valence-electron chi connectivity index (χ3n) is 3.31. The maximum atomic E-state index is 10.1. The molecule has 0 saturated carbocycles. The summed E-state index contributed by atoms with van der Waals surface area (Å²) in [7, 11) is -4.46. The molecule has 4 heteroatoms. The second-order valence-corrected chi connectivity index (χ2v) is 9.10. The Morgan fingerprint density at radius 3 is 1.80 bits per heavy atom. The van der Waals surface area contributed by atoms with Crippen LogP contribution in [0.5, 0.6) is 0 Å². The van der Waals surface area contributed by atoms with Gasteiger partial charge in [-0.25, -0.2) is 0 Å². The van der Waals surface area contributed by atoms with Crippen LogP contribution in [-0.2, 0) is 0 Å². The molecular weight excluding hydrogens is 211 g/mol. The Morgan fingerprint density at radius 1 is 0.933 bits per heavy atom. The molecule has 0 unspecified atom stereocenters. The summed E-state index contributed by atoms with van der Waals surface area (Å²) < 4.78 is 0. The molecule has 94 valence electrons. The van der Waals surface area contributed by atoms with Crippen molar-refractivity contribution in [3.8, 4) is 0 Å². The molecule has 0 aliphatic rings. The predicted molar refractivity (Wildman–Crippen MR) is 67.0 cm³/mol. The first kappa shape index (κ1) is 15.3. The average Bonchev–Trinajstić information content (AvgIpc) is 2.11. The molecule has 0 atom stereocenters. The molecule has 3 nitrogen and oxygen atoms in total. The van der Waals surface area contributed by atoms with E-state index in [1.807, 2.05) is 6.92 Å². The molecule has 0 aromatic heterocycles. The van der Waals surface area contributed by atoms with E-state index >= 15 is 0 Å². The van der Waals surface area contributed by atoms with Crippen molar-refractivity contribution in [2.75, 3.05) is 6.16 Å². The first-order chi connectivity index (χ1) is 6.65. The molecule has 0 rings (SSSR count). The van der Waals surface area contributed by atoms with Crippen LogP contribution in [0.15, 0.2) is 0 Å². The molecule has 0 amide bonds. The molecule has 3 N–H and O–H groups in total. The summed E-state index contributed by atoms with van der Waals surface area (Å²) in [5, 5.41) is -0.767. The number of unbranched alkanes of at least 4 members (excludes halogenated alkanes) is 2. The van der Waals surface area contributed by atoms with E-state index < -0.39 is 12.4 Å². The third-order valence-corrected chi connectivity index (χ3v) is 7.15. The van der Waals surface area contributed by atoms with Crippen LogP contribution in [0.1, 0.15) is 59.8 Å². The zero-order valence-electron chi connectivity index (χ0n) is 10.5. The predicted octanol–water partition coefficient (Wildman–Crippen LogP) is 3.03. The van der Waals surface area contributed by atoms with Crippen LogP contribution in [0, 0.1) is 0 Å². The molecule has 0 fully saturated rings. The molecular formula is C11H27O3P. The molecule has 0 heterocycles. The van der Waals surface area contributed by atoms with Crippen molar-refractivity contribution in [2.24, 2.45) is 0 Å². The van der Waals surface area contributed by atoms with Gasteiger partial charge in [-0.1, -0.05) is 0 Å². The topological polar surface area (TPSA) is 60.7 Å². The van der Waals surface area contributed by atoms with Crippen LogP contribution >= 0.6 is 7.28 Å². The fraction of sp³-hybridized carbons (Fsp3) is 1.00. The van der Waals surface area contributed by atoms with Gasteiger partial charge in [0.05, 0.1) is 0 Å². The van der Waals surface area contributed by atoms with Gasteiger partial charge in [0, 0.05) is 0 Å². The van der Waals surface area contributed by atoms with Crippen LogP contribution in [-0.4, -0.2) is 26.0 Å². The Kier molecular flexibility index (Phi) is 5.20. The minimum absolute atomic E-state index is 0.138. The van der Waals surface area contributed by atoms with Crippen molar-refractivity contribution in [1.29, 1.82) is 0 Å². The molecule has 0 bridgehead atoms. The van der Waals surface area contributed by atoms with Crippen molar-refractivity contribution >= 4 is 7.28 Å². The summed E-state index contributed by atoms with van der Waals surface area (Å²) in [6.45, 7) is 7.56. The number of rotatable bonds is 7. The van der Waals surface area contributed by atoms with Gasteiger partial charge in [-0.15, -0.1) is 0 Å². The SMILES string of the molecule is CCCCC(C)(C)P(O)(O)(O)CCCC. The molecule has 15 heavy (non-hydrogen) atoms. The first-order valence-corrected chi connectivity index (χ1v) is 8.19. The quantitative estimate of drug-likeness (QED) is 0.597. The number of hydrogen-bond acceptors (Lipinski definition) is 3. The Labute approximate surface area is 93.7 Å². The van der Waals surface area contributed by atoms with E-state index in [0.717, 1.165) is 19.3 Å². The molecule has 0 radical (unpaired) electrons. The van der Waals surface area contributed by atoms with E-state index in [4.69, 9.17) is 0 Å². The van der Waals surface area contributed by atoms with Crippen molar-refractivity contribution in [3.63, 3.8) is 0 Å². The third kappa shape index (κ3) is 3.99.